The first-order valence-corrected chi connectivity index (χ1v) is 10.7. The molecule has 7 nitrogen and oxygen atoms in total. The highest BCUT2D eigenvalue weighted by atomic mass is 16.2. The van der Waals surface area contributed by atoms with Crippen LogP contribution in [0.5, 0.6) is 0 Å². The summed E-state index contributed by atoms with van der Waals surface area (Å²) in [5, 5.41) is 5.74. The Morgan fingerprint density at radius 1 is 1.14 bits per heavy atom. The molecule has 2 fully saturated rings. The molecular formula is C22H34N4O3. The fourth-order valence-electron chi connectivity index (χ4n) is 4.12. The maximum atomic E-state index is 12.9. The van der Waals surface area contributed by atoms with E-state index in [0.717, 1.165) is 24.8 Å². The van der Waals surface area contributed by atoms with Gasteiger partial charge in [-0.15, -0.1) is 0 Å². The predicted molar refractivity (Wildman–Crippen MR) is 113 cm³/mol. The van der Waals surface area contributed by atoms with Crippen LogP contribution in [0.1, 0.15) is 58.1 Å². The first-order valence-electron chi connectivity index (χ1n) is 10.7. The minimum Gasteiger partial charge on any atom is -0.354 e. The standard InChI is InChI=1S/C20H28N4O3.C2H6/c1-13(14-5-3-2-4-6-14)23-19(26)17-10-9-16-8-7-15(20(27)24(16)17)12-22-18(25)11-21;1-2/h2-6,13,15-17H,7-12,21H2,1H3,(H,22,25)(H,23,26);1-2H3/t13-,15?,16-,17?;/m0./s1. The summed E-state index contributed by atoms with van der Waals surface area (Å²) in [5.41, 5.74) is 6.34. The predicted octanol–water partition coefficient (Wildman–Crippen LogP) is 1.73. The summed E-state index contributed by atoms with van der Waals surface area (Å²) in [7, 11) is 0. The third kappa shape index (κ3) is 5.56. The lowest BCUT2D eigenvalue weighted by Crippen LogP contribution is -2.55. The Morgan fingerprint density at radius 2 is 1.79 bits per heavy atom. The molecule has 2 aliphatic rings. The van der Waals surface area contributed by atoms with E-state index in [2.05, 4.69) is 10.6 Å². The Morgan fingerprint density at radius 3 is 2.45 bits per heavy atom. The molecule has 4 atom stereocenters. The Bertz CT molecular complexity index is 695. The van der Waals surface area contributed by atoms with Crippen LogP contribution in [0.3, 0.4) is 0 Å². The molecule has 0 bridgehead atoms. The van der Waals surface area contributed by atoms with E-state index < -0.39 is 6.04 Å². The van der Waals surface area contributed by atoms with Crippen LogP contribution in [0, 0.1) is 5.92 Å². The first-order chi connectivity index (χ1) is 14.0. The number of amides is 3. The Hall–Kier alpha value is -2.41. The molecule has 2 saturated heterocycles. The first kappa shape index (κ1) is 22.9. The van der Waals surface area contributed by atoms with Gasteiger partial charge in [-0.05, 0) is 38.2 Å². The van der Waals surface area contributed by atoms with Gasteiger partial charge >= 0.3 is 0 Å². The van der Waals surface area contributed by atoms with E-state index in [1.54, 1.807) is 4.90 Å². The number of nitrogens with zero attached hydrogens (tertiary/aromatic N) is 1. The SMILES string of the molecule is CC.C[C@H](NC(=O)C1CC[C@@H]2CCC(CNC(=O)CN)C(=O)N12)c1ccccc1. The molecule has 0 aromatic heterocycles. The molecule has 2 aliphatic heterocycles. The van der Waals surface area contributed by atoms with E-state index in [9.17, 15) is 14.4 Å². The van der Waals surface area contributed by atoms with Crippen molar-refractivity contribution < 1.29 is 14.4 Å². The Labute approximate surface area is 173 Å². The van der Waals surface area contributed by atoms with Crippen molar-refractivity contribution in [2.45, 2.75) is 64.6 Å². The number of carbonyl (C=O) groups is 3. The molecule has 2 heterocycles. The van der Waals surface area contributed by atoms with Crippen molar-refractivity contribution in [2.24, 2.45) is 11.7 Å². The molecule has 3 amide bonds. The quantitative estimate of drug-likeness (QED) is 0.674. The maximum absolute atomic E-state index is 12.9. The van der Waals surface area contributed by atoms with E-state index in [-0.39, 0.29) is 48.8 Å². The van der Waals surface area contributed by atoms with Crippen LogP contribution in [0.15, 0.2) is 30.3 Å². The van der Waals surface area contributed by atoms with Crippen molar-refractivity contribution in [1.82, 2.24) is 15.5 Å². The van der Waals surface area contributed by atoms with Crippen LogP contribution in [-0.4, -0.2) is 47.8 Å². The Balaban J connectivity index is 0.00000145. The number of hydrogen-bond donors (Lipinski definition) is 3. The van der Waals surface area contributed by atoms with Crippen LogP contribution in [0.4, 0.5) is 0 Å². The lowest BCUT2D eigenvalue weighted by molar-refractivity contribution is -0.147. The molecule has 0 radical (unpaired) electrons. The molecule has 3 rings (SSSR count). The lowest BCUT2D eigenvalue weighted by Gasteiger charge is -2.38. The van der Waals surface area contributed by atoms with Gasteiger partial charge in [0.25, 0.3) is 0 Å². The normalized spacial score (nSPS) is 24.1. The summed E-state index contributed by atoms with van der Waals surface area (Å²) in [6.45, 7) is 6.14. The average molecular weight is 403 g/mol. The van der Waals surface area contributed by atoms with E-state index in [4.69, 9.17) is 5.73 Å². The summed E-state index contributed by atoms with van der Waals surface area (Å²) in [6, 6.07) is 9.36. The fourth-order valence-corrected chi connectivity index (χ4v) is 4.12. The lowest BCUT2D eigenvalue weighted by atomic mass is 9.92. The van der Waals surface area contributed by atoms with Gasteiger partial charge in [0.2, 0.25) is 17.7 Å². The highest BCUT2D eigenvalue weighted by molar-refractivity contribution is 5.90. The van der Waals surface area contributed by atoms with Gasteiger partial charge in [-0.25, -0.2) is 0 Å². The molecular weight excluding hydrogens is 368 g/mol. The fraction of sp³-hybridized carbons (Fsp3) is 0.591. The van der Waals surface area contributed by atoms with Gasteiger partial charge in [0.1, 0.15) is 6.04 Å². The second-order valence-corrected chi connectivity index (χ2v) is 7.42. The van der Waals surface area contributed by atoms with E-state index in [1.165, 1.54) is 0 Å². The van der Waals surface area contributed by atoms with Crippen LogP contribution >= 0.6 is 0 Å². The zero-order valence-corrected chi connectivity index (χ0v) is 17.7. The molecule has 160 valence electrons. The van der Waals surface area contributed by atoms with Crippen LogP contribution in [0.25, 0.3) is 0 Å². The van der Waals surface area contributed by atoms with Crippen LogP contribution in [0.2, 0.25) is 0 Å². The number of carbonyl (C=O) groups excluding carboxylic acids is 3. The summed E-state index contributed by atoms with van der Waals surface area (Å²) in [5.74, 6) is -0.684. The Kier molecular flexibility index (Phi) is 8.64. The zero-order valence-electron chi connectivity index (χ0n) is 17.7. The van der Waals surface area contributed by atoms with E-state index in [0.29, 0.717) is 6.42 Å². The van der Waals surface area contributed by atoms with Gasteiger partial charge in [-0.1, -0.05) is 44.2 Å². The summed E-state index contributed by atoms with van der Waals surface area (Å²) in [4.78, 5) is 39.0. The molecule has 1 aromatic carbocycles. The highest BCUT2D eigenvalue weighted by Gasteiger charge is 2.45. The second kappa shape index (κ2) is 11.0. The highest BCUT2D eigenvalue weighted by Crippen LogP contribution is 2.35. The minimum absolute atomic E-state index is 0.0337. The third-order valence-electron chi connectivity index (χ3n) is 5.65. The van der Waals surface area contributed by atoms with Crippen molar-refractivity contribution >= 4 is 17.7 Å². The van der Waals surface area contributed by atoms with Gasteiger partial charge < -0.3 is 21.3 Å². The van der Waals surface area contributed by atoms with Crippen molar-refractivity contribution in [1.29, 1.82) is 0 Å². The summed E-state index contributed by atoms with van der Waals surface area (Å²) < 4.78 is 0. The number of benzene rings is 1. The molecule has 4 N–H and O–H groups in total. The van der Waals surface area contributed by atoms with Gasteiger partial charge in [-0.2, -0.15) is 0 Å². The monoisotopic (exact) mass is 402 g/mol. The van der Waals surface area contributed by atoms with Gasteiger partial charge in [-0.3, -0.25) is 14.4 Å². The van der Waals surface area contributed by atoms with Gasteiger partial charge in [0, 0.05) is 12.6 Å². The molecule has 7 heteroatoms. The van der Waals surface area contributed by atoms with Crippen molar-refractivity contribution in [3.05, 3.63) is 35.9 Å². The smallest absolute Gasteiger partial charge is 0.243 e. The van der Waals surface area contributed by atoms with Crippen molar-refractivity contribution in [2.75, 3.05) is 13.1 Å². The summed E-state index contributed by atoms with van der Waals surface area (Å²) in [6.07, 6.45) is 3.14. The van der Waals surface area contributed by atoms with Crippen molar-refractivity contribution in [3.8, 4) is 0 Å². The second-order valence-electron chi connectivity index (χ2n) is 7.42. The number of piperidine rings is 1. The molecule has 0 saturated carbocycles. The number of hydrogen-bond acceptors (Lipinski definition) is 4. The van der Waals surface area contributed by atoms with Crippen molar-refractivity contribution in [3.63, 3.8) is 0 Å². The minimum atomic E-state index is -0.429. The molecule has 1 aromatic rings. The molecule has 0 spiro atoms. The van der Waals surface area contributed by atoms with E-state index in [1.807, 2.05) is 51.1 Å². The topological polar surface area (TPSA) is 105 Å². The number of nitrogens with one attached hydrogen (secondary N) is 2. The molecule has 29 heavy (non-hydrogen) atoms. The van der Waals surface area contributed by atoms with Crippen LogP contribution < -0.4 is 16.4 Å². The zero-order chi connectivity index (χ0) is 21.4. The van der Waals surface area contributed by atoms with Gasteiger partial charge in [0.05, 0.1) is 18.5 Å². The molecule has 0 aliphatic carbocycles. The largest absolute Gasteiger partial charge is 0.354 e. The van der Waals surface area contributed by atoms with Crippen LogP contribution in [-0.2, 0) is 14.4 Å². The average Bonchev–Trinajstić information content (AvgIpc) is 3.20. The van der Waals surface area contributed by atoms with Gasteiger partial charge in [0.15, 0.2) is 0 Å². The number of rotatable bonds is 6. The third-order valence-corrected chi connectivity index (χ3v) is 5.65. The maximum Gasteiger partial charge on any atom is 0.243 e. The number of fused-ring (bicyclic) bond motifs is 1. The number of nitrogens with two attached hydrogens (primary N) is 1. The summed E-state index contributed by atoms with van der Waals surface area (Å²) >= 11 is 0. The molecule has 2 unspecified atom stereocenters. The van der Waals surface area contributed by atoms with E-state index >= 15 is 0 Å².